The molecule has 0 bridgehead atoms. The lowest BCUT2D eigenvalue weighted by atomic mass is 10.1. The van der Waals surface area contributed by atoms with Gasteiger partial charge in [-0.05, 0) is 49.7 Å². The second-order valence-corrected chi connectivity index (χ2v) is 4.62. The summed E-state index contributed by atoms with van der Waals surface area (Å²) in [6, 6.07) is 9.80. The Labute approximate surface area is 103 Å². The van der Waals surface area contributed by atoms with Gasteiger partial charge in [0.1, 0.15) is 0 Å². The summed E-state index contributed by atoms with van der Waals surface area (Å²) in [5.41, 5.74) is 1.83. The van der Waals surface area contributed by atoms with E-state index < -0.39 is 0 Å². The van der Waals surface area contributed by atoms with Crippen molar-refractivity contribution in [2.24, 2.45) is 5.92 Å². The number of nitrogens with one attached hydrogen (secondary N) is 1. The van der Waals surface area contributed by atoms with Crippen molar-refractivity contribution < 1.29 is 0 Å². The van der Waals surface area contributed by atoms with Gasteiger partial charge in [-0.15, -0.1) is 0 Å². The van der Waals surface area contributed by atoms with Gasteiger partial charge in [-0.2, -0.15) is 5.26 Å². The molecule has 1 saturated heterocycles. The predicted molar refractivity (Wildman–Crippen MR) is 69.9 cm³/mol. The number of rotatable bonds is 4. The van der Waals surface area contributed by atoms with Crippen LogP contribution >= 0.6 is 0 Å². The summed E-state index contributed by atoms with van der Waals surface area (Å²) >= 11 is 0. The molecule has 0 aromatic heterocycles. The monoisotopic (exact) mass is 229 g/mol. The van der Waals surface area contributed by atoms with Crippen molar-refractivity contribution >= 4 is 5.69 Å². The molecule has 0 saturated carbocycles. The van der Waals surface area contributed by atoms with Crippen LogP contribution in [0, 0.1) is 17.2 Å². The van der Waals surface area contributed by atoms with Crippen molar-refractivity contribution in [3.8, 4) is 6.07 Å². The minimum Gasteiger partial charge on any atom is -0.385 e. The zero-order valence-electron chi connectivity index (χ0n) is 10.3. The fraction of sp³-hybridized carbons (Fsp3) is 0.500. The van der Waals surface area contributed by atoms with Crippen LogP contribution in [0.25, 0.3) is 0 Å². The van der Waals surface area contributed by atoms with Crippen LogP contribution in [0.1, 0.15) is 18.9 Å². The molecule has 1 aliphatic rings. The first-order chi connectivity index (χ1) is 8.31. The Morgan fingerprint density at radius 2 is 2.18 bits per heavy atom. The van der Waals surface area contributed by atoms with E-state index >= 15 is 0 Å². The number of hydrogen-bond donors (Lipinski definition) is 1. The fourth-order valence-corrected chi connectivity index (χ4v) is 2.29. The van der Waals surface area contributed by atoms with Crippen molar-refractivity contribution in [2.75, 3.05) is 31.5 Å². The van der Waals surface area contributed by atoms with Crippen LogP contribution in [0.3, 0.4) is 0 Å². The normalized spacial score (nSPS) is 20.1. The molecule has 3 heteroatoms. The maximum atomic E-state index is 8.71. The average Bonchev–Trinajstić information content (AvgIpc) is 2.85. The highest BCUT2D eigenvalue weighted by Crippen LogP contribution is 2.17. The zero-order valence-corrected chi connectivity index (χ0v) is 10.3. The van der Waals surface area contributed by atoms with Gasteiger partial charge in [0.15, 0.2) is 0 Å². The van der Waals surface area contributed by atoms with E-state index in [0.29, 0.717) is 5.56 Å². The Morgan fingerprint density at radius 3 is 2.76 bits per heavy atom. The topological polar surface area (TPSA) is 39.1 Å². The molecule has 0 amide bonds. The molecule has 17 heavy (non-hydrogen) atoms. The third-order valence-electron chi connectivity index (χ3n) is 3.43. The standard InChI is InChI=1S/C14H19N3/c1-2-17-8-7-13(11-17)10-16-14-5-3-12(9-15)4-6-14/h3-6,13,16H,2,7-8,10-11H2,1H3. The van der Waals surface area contributed by atoms with Gasteiger partial charge in [-0.3, -0.25) is 0 Å². The molecule has 2 rings (SSSR count). The third kappa shape index (κ3) is 3.21. The second kappa shape index (κ2) is 5.70. The van der Waals surface area contributed by atoms with E-state index in [0.717, 1.165) is 24.7 Å². The highest BCUT2D eigenvalue weighted by atomic mass is 15.1. The fourth-order valence-electron chi connectivity index (χ4n) is 2.29. The quantitative estimate of drug-likeness (QED) is 0.861. The molecule has 1 heterocycles. The molecular formula is C14H19N3. The number of anilines is 1. The average molecular weight is 229 g/mol. The molecule has 0 radical (unpaired) electrons. The Morgan fingerprint density at radius 1 is 1.41 bits per heavy atom. The molecule has 0 aliphatic carbocycles. The summed E-state index contributed by atoms with van der Waals surface area (Å²) in [5.74, 6) is 0.755. The largest absolute Gasteiger partial charge is 0.385 e. The van der Waals surface area contributed by atoms with Gasteiger partial charge in [-0.1, -0.05) is 6.92 Å². The number of nitrogens with zero attached hydrogens (tertiary/aromatic N) is 2. The molecule has 1 atom stereocenters. The molecule has 0 spiro atoms. The van der Waals surface area contributed by atoms with Crippen LogP contribution in [0.15, 0.2) is 24.3 Å². The van der Waals surface area contributed by atoms with E-state index in [1.165, 1.54) is 19.5 Å². The van der Waals surface area contributed by atoms with Crippen LogP contribution < -0.4 is 5.32 Å². The summed E-state index contributed by atoms with van der Waals surface area (Å²) in [5, 5.41) is 12.2. The molecule has 1 fully saturated rings. The Hall–Kier alpha value is -1.53. The number of hydrogen-bond acceptors (Lipinski definition) is 3. The van der Waals surface area contributed by atoms with Crippen molar-refractivity contribution in [3.05, 3.63) is 29.8 Å². The van der Waals surface area contributed by atoms with Crippen LogP contribution in [-0.2, 0) is 0 Å². The van der Waals surface area contributed by atoms with E-state index in [1.807, 2.05) is 24.3 Å². The lowest BCUT2D eigenvalue weighted by Gasteiger charge is -2.14. The van der Waals surface area contributed by atoms with E-state index in [1.54, 1.807) is 0 Å². The van der Waals surface area contributed by atoms with Crippen molar-refractivity contribution in [1.29, 1.82) is 5.26 Å². The highest BCUT2D eigenvalue weighted by Gasteiger charge is 2.20. The van der Waals surface area contributed by atoms with E-state index in [2.05, 4.69) is 23.2 Å². The van der Waals surface area contributed by atoms with Gasteiger partial charge in [0.2, 0.25) is 0 Å². The number of benzene rings is 1. The van der Waals surface area contributed by atoms with Gasteiger partial charge in [0.25, 0.3) is 0 Å². The lowest BCUT2D eigenvalue weighted by molar-refractivity contribution is 0.345. The number of nitriles is 1. The Balaban J connectivity index is 1.80. The summed E-state index contributed by atoms with van der Waals surface area (Å²) < 4.78 is 0. The number of likely N-dealkylation sites (tertiary alicyclic amines) is 1. The minimum absolute atomic E-state index is 0.716. The summed E-state index contributed by atoms with van der Waals surface area (Å²) in [7, 11) is 0. The van der Waals surface area contributed by atoms with Crippen molar-refractivity contribution in [1.82, 2.24) is 4.90 Å². The molecule has 3 nitrogen and oxygen atoms in total. The van der Waals surface area contributed by atoms with E-state index in [4.69, 9.17) is 5.26 Å². The van der Waals surface area contributed by atoms with Crippen LogP contribution in [-0.4, -0.2) is 31.1 Å². The zero-order chi connectivity index (χ0) is 12.1. The maximum Gasteiger partial charge on any atom is 0.0991 e. The van der Waals surface area contributed by atoms with Gasteiger partial charge < -0.3 is 10.2 Å². The van der Waals surface area contributed by atoms with Crippen molar-refractivity contribution in [3.63, 3.8) is 0 Å². The third-order valence-corrected chi connectivity index (χ3v) is 3.43. The SMILES string of the molecule is CCN1CCC(CNc2ccc(C#N)cc2)C1. The van der Waals surface area contributed by atoms with E-state index in [9.17, 15) is 0 Å². The first-order valence-corrected chi connectivity index (χ1v) is 6.28. The van der Waals surface area contributed by atoms with Crippen LogP contribution in [0.5, 0.6) is 0 Å². The molecule has 1 aromatic rings. The van der Waals surface area contributed by atoms with Gasteiger partial charge in [0.05, 0.1) is 11.6 Å². The van der Waals surface area contributed by atoms with Crippen molar-refractivity contribution in [2.45, 2.75) is 13.3 Å². The first kappa shape index (κ1) is 11.9. The van der Waals surface area contributed by atoms with Gasteiger partial charge in [-0.25, -0.2) is 0 Å². The first-order valence-electron chi connectivity index (χ1n) is 6.28. The molecule has 1 unspecified atom stereocenters. The summed E-state index contributed by atoms with van der Waals surface area (Å²) in [6.07, 6.45) is 1.29. The summed E-state index contributed by atoms with van der Waals surface area (Å²) in [4.78, 5) is 2.49. The molecule has 90 valence electrons. The lowest BCUT2D eigenvalue weighted by Crippen LogP contribution is -2.22. The molecule has 1 N–H and O–H groups in total. The minimum atomic E-state index is 0.716. The Kier molecular flexibility index (Phi) is 4.00. The molecule has 1 aromatic carbocycles. The van der Waals surface area contributed by atoms with Gasteiger partial charge in [0, 0.05) is 18.8 Å². The summed E-state index contributed by atoms with van der Waals surface area (Å²) in [6.45, 7) is 6.85. The predicted octanol–water partition coefficient (Wildman–Crippen LogP) is 2.31. The maximum absolute atomic E-state index is 8.71. The van der Waals surface area contributed by atoms with E-state index in [-0.39, 0.29) is 0 Å². The molecular weight excluding hydrogens is 210 g/mol. The second-order valence-electron chi connectivity index (χ2n) is 4.62. The van der Waals surface area contributed by atoms with Gasteiger partial charge >= 0.3 is 0 Å². The Bertz CT molecular complexity index is 391. The molecule has 1 aliphatic heterocycles. The smallest absolute Gasteiger partial charge is 0.0991 e. The highest BCUT2D eigenvalue weighted by molar-refractivity contribution is 5.47. The van der Waals surface area contributed by atoms with Crippen LogP contribution in [0.4, 0.5) is 5.69 Å². The van der Waals surface area contributed by atoms with Crippen LogP contribution in [0.2, 0.25) is 0 Å².